The molecule has 114 valence electrons. The fourth-order valence-electron chi connectivity index (χ4n) is 1.62. The summed E-state index contributed by atoms with van der Waals surface area (Å²) >= 11 is 4.53. The first-order valence-electron chi connectivity index (χ1n) is 5.96. The lowest BCUT2D eigenvalue weighted by molar-refractivity contribution is -0.398. The fraction of sp³-hybridized carbons (Fsp3) is 0.0769. The van der Waals surface area contributed by atoms with E-state index in [1.165, 1.54) is 17.4 Å². The standard InChI is InChI=1S/C13H10BrN3O4S/c14-9-4-8(13(19)11(5-9)17(20)21)7-15-16-12(18)6-10-2-1-3-22-10/h1-5,7,19H,6H2,(H,16,18)/p-1/b15-7+. The Labute approximate surface area is 137 Å². The summed E-state index contributed by atoms with van der Waals surface area (Å²) in [5.74, 6) is -1.10. The molecule has 7 nitrogen and oxygen atoms in total. The monoisotopic (exact) mass is 382 g/mol. The van der Waals surface area contributed by atoms with Crippen molar-refractivity contribution in [1.82, 2.24) is 5.43 Å². The predicted octanol–water partition coefficient (Wildman–Crippen LogP) is 2.19. The van der Waals surface area contributed by atoms with E-state index < -0.39 is 16.4 Å². The van der Waals surface area contributed by atoms with Crippen LogP contribution in [0, 0.1) is 10.1 Å². The normalized spacial score (nSPS) is 10.8. The minimum Gasteiger partial charge on any atom is -0.867 e. The van der Waals surface area contributed by atoms with Gasteiger partial charge < -0.3 is 5.11 Å². The van der Waals surface area contributed by atoms with Crippen molar-refractivity contribution in [2.45, 2.75) is 6.42 Å². The summed E-state index contributed by atoms with van der Waals surface area (Å²) in [5.41, 5.74) is 1.73. The molecule has 0 saturated heterocycles. The number of nitrogens with zero attached hydrogens (tertiary/aromatic N) is 2. The molecule has 0 saturated carbocycles. The van der Waals surface area contributed by atoms with Gasteiger partial charge in [-0.25, -0.2) is 5.43 Å². The van der Waals surface area contributed by atoms with Gasteiger partial charge in [-0.1, -0.05) is 22.0 Å². The zero-order valence-electron chi connectivity index (χ0n) is 11.0. The quantitative estimate of drug-likeness (QED) is 0.485. The number of nitro groups is 1. The van der Waals surface area contributed by atoms with Crippen molar-refractivity contribution >= 4 is 45.1 Å². The first kappa shape index (κ1) is 16.1. The summed E-state index contributed by atoms with van der Waals surface area (Å²) in [5, 5.41) is 28.1. The molecule has 2 rings (SSSR count). The second kappa shape index (κ2) is 7.14. The third-order valence-corrected chi connectivity index (χ3v) is 3.90. The zero-order chi connectivity index (χ0) is 16.1. The van der Waals surface area contributed by atoms with E-state index in [2.05, 4.69) is 26.5 Å². The average molecular weight is 383 g/mol. The van der Waals surface area contributed by atoms with Crippen LogP contribution in [0.15, 0.2) is 39.2 Å². The maximum Gasteiger partial charge on any atom is 0.263 e. The third-order valence-electron chi connectivity index (χ3n) is 2.57. The Bertz CT molecular complexity index is 731. The van der Waals surface area contributed by atoms with Crippen molar-refractivity contribution in [1.29, 1.82) is 0 Å². The highest BCUT2D eigenvalue weighted by Crippen LogP contribution is 2.30. The van der Waals surface area contributed by atoms with E-state index in [4.69, 9.17) is 0 Å². The van der Waals surface area contributed by atoms with Crippen LogP contribution in [-0.4, -0.2) is 17.0 Å². The Balaban J connectivity index is 2.07. The van der Waals surface area contributed by atoms with Gasteiger partial charge in [-0.15, -0.1) is 11.3 Å². The molecule has 0 radical (unpaired) electrons. The number of nitrogens with one attached hydrogen (secondary N) is 1. The second-order valence-electron chi connectivity index (χ2n) is 4.15. The number of hydrogen-bond donors (Lipinski definition) is 1. The topological polar surface area (TPSA) is 108 Å². The highest BCUT2D eigenvalue weighted by Gasteiger charge is 2.11. The van der Waals surface area contributed by atoms with Crippen LogP contribution in [0.1, 0.15) is 10.4 Å². The Morgan fingerprint density at radius 3 is 2.91 bits per heavy atom. The van der Waals surface area contributed by atoms with Crippen LogP contribution in [0.2, 0.25) is 0 Å². The zero-order valence-corrected chi connectivity index (χ0v) is 13.4. The Morgan fingerprint density at radius 1 is 1.50 bits per heavy atom. The summed E-state index contributed by atoms with van der Waals surface area (Å²) in [6.07, 6.45) is 1.27. The molecule has 1 N–H and O–H groups in total. The molecule has 1 aromatic carbocycles. The summed E-state index contributed by atoms with van der Waals surface area (Å²) in [6.45, 7) is 0. The van der Waals surface area contributed by atoms with E-state index in [-0.39, 0.29) is 17.9 Å². The molecule has 1 heterocycles. The van der Waals surface area contributed by atoms with Crippen LogP contribution < -0.4 is 10.5 Å². The van der Waals surface area contributed by atoms with E-state index in [9.17, 15) is 20.0 Å². The van der Waals surface area contributed by atoms with E-state index >= 15 is 0 Å². The number of rotatable bonds is 5. The first-order chi connectivity index (χ1) is 10.5. The number of benzene rings is 1. The Morgan fingerprint density at radius 2 is 2.27 bits per heavy atom. The van der Waals surface area contributed by atoms with E-state index in [1.807, 2.05) is 17.5 Å². The molecule has 1 aromatic heterocycles. The molecule has 0 atom stereocenters. The lowest BCUT2D eigenvalue weighted by Gasteiger charge is -2.10. The lowest BCUT2D eigenvalue weighted by atomic mass is 10.2. The lowest BCUT2D eigenvalue weighted by Crippen LogP contribution is -2.19. The van der Waals surface area contributed by atoms with Crippen molar-refractivity contribution in [3.05, 3.63) is 54.7 Å². The molecule has 0 fully saturated rings. The van der Waals surface area contributed by atoms with Gasteiger partial charge in [-0.2, -0.15) is 5.10 Å². The van der Waals surface area contributed by atoms with Crippen molar-refractivity contribution < 1.29 is 14.8 Å². The van der Waals surface area contributed by atoms with Gasteiger partial charge >= 0.3 is 0 Å². The molecule has 0 spiro atoms. The second-order valence-corrected chi connectivity index (χ2v) is 6.10. The average Bonchev–Trinajstić information content (AvgIpc) is 2.94. The van der Waals surface area contributed by atoms with E-state index in [0.29, 0.717) is 4.47 Å². The number of carbonyl (C=O) groups excluding carboxylic acids is 1. The summed E-state index contributed by atoms with van der Waals surface area (Å²) in [4.78, 5) is 22.5. The maximum absolute atomic E-state index is 11.8. The van der Waals surface area contributed by atoms with E-state index in [1.54, 1.807) is 0 Å². The van der Waals surface area contributed by atoms with Crippen molar-refractivity contribution in [2.75, 3.05) is 0 Å². The first-order valence-corrected chi connectivity index (χ1v) is 7.64. The molecule has 2 aromatic rings. The van der Waals surface area contributed by atoms with Crippen LogP contribution in [0.25, 0.3) is 0 Å². The SMILES string of the molecule is O=C(Cc1cccs1)N/N=C/c1cc(Br)cc([N+](=O)[O-])c1[O-]. The van der Waals surface area contributed by atoms with Crippen molar-refractivity contribution in [2.24, 2.45) is 5.10 Å². The van der Waals surface area contributed by atoms with Gasteiger partial charge in [0, 0.05) is 15.4 Å². The van der Waals surface area contributed by atoms with Crippen molar-refractivity contribution in [3.8, 4) is 5.75 Å². The number of thiophene rings is 1. The fourth-order valence-corrected chi connectivity index (χ4v) is 2.78. The highest BCUT2D eigenvalue weighted by molar-refractivity contribution is 9.10. The number of hydrazone groups is 1. The minimum absolute atomic E-state index is 0.0116. The molecule has 9 heteroatoms. The van der Waals surface area contributed by atoms with Gasteiger partial charge in [0.15, 0.2) is 0 Å². The van der Waals surface area contributed by atoms with Gasteiger partial charge in [0.2, 0.25) is 5.91 Å². The van der Waals surface area contributed by atoms with Crippen LogP contribution in [0.5, 0.6) is 5.75 Å². The number of carbonyl (C=O) groups is 1. The third kappa shape index (κ3) is 4.12. The molecule has 0 bridgehead atoms. The van der Waals surface area contributed by atoms with Crippen LogP contribution in [-0.2, 0) is 11.2 Å². The molecule has 0 aliphatic heterocycles. The maximum atomic E-state index is 11.8. The number of halogens is 1. The molecular weight excluding hydrogens is 374 g/mol. The number of nitro benzene ring substituents is 1. The summed E-state index contributed by atoms with van der Waals surface area (Å²) in [6, 6.07) is 6.17. The molecule has 22 heavy (non-hydrogen) atoms. The predicted molar refractivity (Wildman–Crippen MR) is 84.0 cm³/mol. The molecule has 1 amide bonds. The van der Waals surface area contributed by atoms with Gasteiger partial charge in [0.1, 0.15) is 0 Å². The molecule has 0 aliphatic carbocycles. The van der Waals surface area contributed by atoms with Crippen LogP contribution in [0.4, 0.5) is 5.69 Å². The smallest absolute Gasteiger partial charge is 0.263 e. The van der Waals surface area contributed by atoms with Gasteiger partial charge in [0.25, 0.3) is 5.69 Å². The number of hydrogen-bond acceptors (Lipinski definition) is 6. The van der Waals surface area contributed by atoms with E-state index in [0.717, 1.165) is 17.2 Å². The van der Waals surface area contributed by atoms with Crippen molar-refractivity contribution in [3.63, 3.8) is 0 Å². The molecule has 0 unspecified atom stereocenters. The van der Waals surface area contributed by atoms with Crippen LogP contribution >= 0.6 is 27.3 Å². The largest absolute Gasteiger partial charge is 0.867 e. The number of amides is 1. The van der Waals surface area contributed by atoms with Gasteiger partial charge in [-0.05, 0) is 28.8 Å². The highest BCUT2D eigenvalue weighted by atomic mass is 79.9. The summed E-state index contributed by atoms with van der Waals surface area (Å²) in [7, 11) is 0. The van der Waals surface area contributed by atoms with Crippen LogP contribution in [0.3, 0.4) is 0 Å². The van der Waals surface area contributed by atoms with Gasteiger partial charge in [0.05, 0.1) is 17.6 Å². The van der Waals surface area contributed by atoms with Gasteiger partial charge in [-0.3, -0.25) is 14.9 Å². The molecule has 0 aliphatic rings. The Kier molecular flexibility index (Phi) is 5.23. The Hall–Kier alpha value is -2.26. The molecular formula is C13H9BrN3O4S-. The minimum atomic E-state index is -0.764. The summed E-state index contributed by atoms with van der Waals surface area (Å²) < 4.78 is 0.380.